The van der Waals surface area contributed by atoms with Crippen LogP contribution in [0.3, 0.4) is 0 Å². The Hall–Kier alpha value is -3.23. The first-order valence-corrected chi connectivity index (χ1v) is 14.4. The number of carbonyl (C=O) groups is 1. The van der Waals surface area contributed by atoms with Gasteiger partial charge < -0.3 is 10.6 Å². The number of anilines is 2. The number of nitrogens with zero attached hydrogens (tertiary/aromatic N) is 4. The zero-order chi connectivity index (χ0) is 28.0. The van der Waals surface area contributed by atoms with Crippen LogP contribution in [0.1, 0.15) is 72.3 Å². The lowest BCUT2D eigenvalue weighted by Crippen LogP contribution is -2.43. The van der Waals surface area contributed by atoms with Gasteiger partial charge >= 0.3 is 0 Å². The molecule has 1 amide bonds. The third kappa shape index (κ3) is 5.87. The minimum absolute atomic E-state index is 0.106. The SMILES string of the molecule is C/C=C1/CC=CC=C(CNCC2=CCC(Nc3ncc4c(n3)N(C(CC)CC)C(=O)C4(C)CC)C=C2)N1NC. The van der Waals surface area contributed by atoms with Crippen LogP contribution in [0.5, 0.6) is 0 Å². The molecular weight excluding hydrogens is 486 g/mol. The second kappa shape index (κ2) is 12.7. The summed E-state index contributed by atoms with van der Waals surface area (Å²) in [5.74, 6) is 1.49. The van der Waals surface area contributed by atoms with Crippen LogP contribution in [0, 0.1) is 0 Å². The molecule has 0 saturated heterocycles. The van der Waals surface area contributed by atoms with Crippen molar-refractivity contribution in [3.63, 3.8) is 0 Å². The van der Waals surface area contributed by atoms with Gasteiger partial charge in [-0.15, -0.1) is 0 Å². The lowest BCUT2D eigenvalue weighted by atomic mass is 9.82. The maximum atomic E-state index is 13.5. The molecule has 0 radical (unpaired) electrons. The molecule has 39 heavy (non-hydrogen) atoms. The molecule has 3 heterocycles. The summed E-state index contributed by atoms with van der Waals surface area (Å²) in [6.45, 7) is 12.0. The third-order valence-corrected chi connectivity index (χ3v) is 8.31. The highest BCUT2D eigenvalue weighted by atomic mass is 16.2. The molecule has 0 fully saturated rings. The number of fused-ring (bicyclic) bond motifs is 1. The number of hydrazine groups is 1. The van der Waals surface area contributed by atoms with Gasteiger partial charge in [-0.2, -0.15) is 4.98 Å². The highest BCUT2D eigenvalue weighted by Gasteiger charge is 2.49. The molecular formula is C31H45N7O. The zero-order valence-electron chi connectivity index (χ0n) is 24.4. The number of amides is 1. The Balaban J connectivity index is 1.37. The standard InChI is InChI=1S/C31H45N7O/c1-7-24(8-2)37-28-27(31(5,10-4)29(37)39)21-34-30(36-28)35-23-17-15-22(16-18-23)19-33-20-26-14-12-11-13-25(9-3)38(26)32-6/h9,11-12,14-17,21,23-24,32-33H,7-8,10,13,18-20H2,1-6H3,(H,34,35,36)/b25-9-. The molecule has 3 aliphatic rings. The molecule has 8 nitrogen and oxygen atoms in total. The van der Waals surface area contributed by atoms with Gasteiger partial charge in [-0.3, -0.25) is 14.7 Å². The molecule has 2 atom stereocenters. The fourth-order valence-electron chi connectivity index (χ4n) is 5.62. The number of hydrogen-bond donors (Lipinski definition) is 3. The fourth-order valence-corrected chi connectivity index (χ4v) is 5.62. The van der Waals surface area contributed by atoms with E-state index < -0.39 is 5.41 Å². The predicted molar refractivity (Wildman–Crippen MR) is 160 cm³/mol. The second-order valence-electron chi connectivity index (χ2n) is 10.6. The van der Waals surface area contributed by atoms with E-state index in [9.17, 15) is 4.79 Å². The highest BCUT2D eigenvalue weighted by Crippen LogP contribution is 2.44. The monoisotopic (exact) mass is 531 g/mol. The number of carbonyl (C=O) groups excluding carboxylic acids is 1. The van der Waals surface area contributed by atoms with Crippen LogP contribution in [0.25, 0.3) is 0 Å². The fraction of sp³-hybridized carbons (Fsp3) is 0.516. The summed E-state index contributed by atoms with van der Waals surface area (Å²) in [6, 6.07) is 0.254. The van der Waals surface area contributed by atoms with Crippen molar-refractivity contribution in [1.29, 1.82) is 0 Å². The Kier molecular flexibility index (Phi) is 9.40. The number of rotatable bonds is 11. The van der Waals surface area contributed by atoms with E-state index in [2.05, 4.69) is 96.3 Å². The average molecular weight is 532 g/mol. The molecule has 0 spiro atoms. The summed E-state index contributed by atoms with van der Waals surface area (Å²) in [4.78, 5) is 24.9. The van der Waals surface area contributed by atoms with Gasteiger partial charge in [0.2, 0.25) is 11.9 Å². The summed E-state index contributed by atoms with van der Waals surface area (Å²) in [5, 5.41) is 9.21. The maximum Gasteiger partial charge on any atom is 0.238 e. The van der Waals surface area contributed by atoms with Crippen LogP contribution >= 0.6 is 0 Å². The predicted octanol–water partition coefficient (Wildman–Crippen LogP) is 5.12. The van der Waals surface area contributed by atoms with Crippen LogP contribution in [0.4, 0.5) is 11.8 Å². The molecule has 1 aliphatic carbocycles. The van der Waals surface area contributed by atoms with Gasteiger partial charge in [-0.05, 0) is 51.2 Å². The molecule has 2 aliphatic heterocycles. The van der Waals surface area contributed by atoms with E-state index in [4.69, 9.17) is 4.98 Å². The van der Waals surface area contributed by atoms with Gasteiger partial charge in [0.15, 0.2) is 0 Å². The summed E-state index contributed by atoms with van der Waals surface area (Å²) in [6.07, 6.45) is 21.4. The van der Waals surface area contributed by atoms with E-state index in [-0.39, 0.29) is 18.0 Å². The van der Waals surface area contributed by atoms with Gasteiger partial charge in [-0.25, -0.2) is 10.4 Å². The first-order valence-electron chi connectivity index (χ1n) is 14.4. The molecule has 1 aromatic rings. The molecule has 210 valence electrons. The molecule has 2 unspecified atom stereocenters. The van der Waals surface area contributed by atoms with Gasteiger partial charge in [0.25, 0.3) is 0 Å². The Labute approximate surface area is 234 Å². The van der Waals surface area contributed by atoms with Crippen LogP contribution in [0.15, 0.2) is 65.7 Å². The smallest absolute Gasteiger partial charge is 0.238 e. The zero-order valence-corrected chi connectivity index (χ0v) is 24.4. The van der Waals surface area contributed by atoms with Crippen LogP contribution in [-0.2, 0) is 10.2 Å². The van der Waals surface area contributed by atoms with Gasteiger partial charge in [0.05, 0.1) is 11.5 Å². The third-order valence-electron chi connectivity index (χ3n) is 8.31. The van der Waals surface area contributed by atoms with Crippen molar-refractivity contribution in [1.82, 2.24) is 25.7 Å². The van der Waals surface area contributed by atoms with E-state index in [1.54, 1.807) is 0 Å². The average Bonchev–Trinajstić information content (AvgIpc) is 3.07. The Morgan fingerprint density at radius 1 is 1.23 bits per heavy atom. The lowest BCUT2D eigenvalue weighted by molar-refractivity contribution is -0.123. The van der Waals surface area contributed by atoms with Crippen molar-refractivity contribution in [2.24, 2.45) is 0 Å². The summed E-state index contributed by atoms with van der Waals surface area (Å²) < 4.78 is 0. The van der Waals surface area contributed by atoms with Gasteiger partial charge in [0.1, 0.15) is 5.82 Å². The topological polar surface area (TPSA) is 85.4 Å². The van der Waals surface area contributed by atoms with Gasteiger partial charge in [-0.1, -0.05) is 57.2 Å². The molecule has 0 aromatic carbocycles. The molecule has 3 N–H and O–H groups in total. The normalized spacial score (nSPS) is 23.8. The molecule has 8 heteroatoms. The van der Waals surface area contributed by atoms with Crippen molar-refractivity contribution in [2.75, 3.05) is 30.4 Å². The Bertz CT molecular complexity index is 1190. The minimum atomic E-state index is -0.562. The van der Waals surface area contributed by atoms with E-state index >= 15 is 0 Å². The molecule has 0 saturated carbocycles. The summed E-state index contributed by atoms with van der Waals surface area (Å²) in [7, 11) is 1.96. The van der Waals surface area contributed by atoms with Crippen molar-refractivity contribution in [3.8, 4) is 0 Å². The van der Waals surface area contributed by atoms with Crippen molar-refractivity contribution < 1.29 is 4.79 Å². The van der Waals surface area contributed by atoms with Crippen molar-refractivity contribution >= 4 is 17.7 Å². The van der Waals surface area contributed by atoms with Gasteiger partial charge in [0, 0.05) is 55.8 Å². The number of allylic oxidation sites excluding steroid dienone is 4. The lowest BCUT2D eigenvalue weighted by Gasteiger charge is -2.28. The van der Waals surface area contributed by atoms with E-state index in [0.717, 1.165) is 56.6 Å². The molecule has 4 rings (SSSR count). The Morgan fingerprint density at radius 3 is 2.67 bits per heavy atom. The molecule has 0 bridgehead atoms. The largest absolute Gasteiger partial charge is 0.348 e. The summed E-state index contributed by atoms with van der Waals surface area (Å²) in [5.41, 5.74) is 7.37. The van der Waals surface area contributed by atoms with Crippen LogP contribution in [-0.4, -0.2) is 53.1 Å². The first kappa shape index (κ1) is 28.8. The van der Waals surface area contributed by atoms with Crippen LogP contribution in [0.2, 0.25) is 0 Å². The minimum Gasteiger partial charge on any atom is -0.348 e. The number of hydrogen-bond acceptors (Lipinski definition) is 7. The maximum absolute atomic E-state index is 13.5. The molecule has 1 aromatic heterocycles. The first-order chi connectivity index (χ1) is 18.9. The summed E-state index contributed by atoms with van der Waals surface area (Å²) >= 11 is 0. The van der Waals surface area contributed by atoms with Crippen molar-refractivity contribution in [2.45, 2.75) is 84.2 Å². The van der Waals surface area contributed by atoms with E-state index in [1.807, 2.05) is 25.1 Å². The highest BCUT2D eigenvalue weighted by molar-refractivity contribution is 6.07. The Morgan fingerprint density at radius 2 is 2.03 bits per heavy atom. The quantitative estimate of drug-likeness (QED) is 0.365. The second-order valence-corrected chi connectivity index (χ2v) is 10.6. The van der Waals surface area contributed by atoms with E-state index in [1.165, 1.54) is 17.0 Å². The van der Waals surface area contributed by atoms with Crippen molar-refractivity contribution in [3.05, 3.63) is 71.3 Å². The number of nitrogens with one attached hydrogen (secondary N) is 3. The number of aromatic nitrogens is 2. The van der Waals surface area contributed by atoms with E-state index in [0.29, 0.717) is 5.95 Å². The van der Waals surface area contributed by atoms with Crippen LogP contribution < -0.4 is 21.0 Å².